The van der Waals surface area contributed by atoms with Crippen LogP contribution in [0.25, 0.3) is 5.69 Å². The van der Waals surface area contributed by atoms with E-state index in [-0.39, 0.29) is 5.82 Å². The van der Waals surface area contributed by atoms with Crippen molar-refractivity contribution in [2.45, 2.75) is 0 Å². The van der Waals surface area contributed by atoms with E-state index >= 15 is 0 Å². The maximum absolute atomic E-state index is 10.5. The molecule has 104 valence electrons. The second-order valence-electron chi connectivity index (χ2n) is 4.05. The molecule has 0 unspecified atom stereocenters. The van der Waals surface area contributed by atoms with Crippen LogP contribution in [0, 0.1) is 10.1 Å². The second kappa shape index (κ2) is 5.37. The molecule has 8 nitrogen and oxygen atoms in total. The summed E-state index contributed by atoms with van der Waals surface area (Å²) in [7, 11) is 0. The lowest BCUT2D eigenvalue weighted by atomic mass is 10.3. The standard InChI is InChI=1S/C13H9N5O3/c19-18(20)13-6-5-12(7-15-13)21-11-3-1-10(2-4-11)17-9-14-8-16-17/h1-9H. The SMILES string of the molecule is O=[N+]([O-])c1ccc(Oc2ccc(-n3cncn3)cc2)cn1. The number of hydrogen-bond acceptors (Lipinski definition) is 6. The molecule has 0 bridgehead atoms. The number of benzene rings is 1. The molecule has 2 aromatic heterocycles. The number of pyridine rings is 1. The predicted molar refractivity (Wildman–Crippen MR) is 72.3 cm³/mol. The fourth-order valence-corrected chi connectivity index (χ4v) is 1.69. The Labute approximate surface area is 118 Å². The highest BCUT2D eigenvalue weighted by molar-refractivity contribution is 5.38. The van der Waals surface area contributed by atoms with Crippen LogP contribution < -0.4 is 4.74 Å². The molecule has 0 aliphatic heterocycles. The number of hydrogen-bond donors (Lipinski definition) is 0. The first-order valence-corrected chi connectivity index (χ1v) is 5.96. The van der Waals surface area contributed by atoms with E-state index in [0.717, 1.165) is 5.69 Å². The van der Waals surface area contributed by atoms with Crippen molar-refractivity contribution in [1.82, 2.24) is 19.7 Å². The summed E-state index contributed by atoms with van der Waals surface area (Å²) in [4.78, 5) is 17.5. The molecule has 0 saturated heterocycles. The molecule has 3 rings (SSSR count). The topological polar surface area (TPSA) is 96.0 Å². The van der Waals surface area contributed by atoms with Crippen LogP contribution >= 0.6 is 0 Å². The molecule has 3 aromatic rings. The van der Waals surface area contributed by atoms with Crippen molar-refractivity contribution in [3.05, 3.63) is 65.4 Å². The van der Waals surface area contributed by atoms with Crippen LogP contribution in [0.4, 0.5) is 5.82 Å². The second-order valence-corrected chi connectivity index (χ2v) is 4.05. The Hall–Kier alpha value is -3.29. The first-order valence-electron chi connectivity index (χ1n) is 5.96. The summed E-state index contributed by atoms with van der Waals surface area (Å²) in [5.74, 6) is 0.799. The lowest BCUT2D eigenvalue weighted by molar-refractivity contribution is -0.389. The number of nitro groups is 1. The zero-order chi connectivity index (χ0) is 14.7. The van der Waals surface area contributed by atoms with Gasteiger partial charge in [0, 0.05) is 6.07 Å². The molecule has 1 aromatic carbocycles. The summed E-state index contributed by atoms with van der Waals surface area (Å²) >= 11 is 0. The first kappa shape index (κ1) is 12.7. The molecule has 0 aliphatic rings. The lowest BCUT2D eigenvalue weighted by Gasteiger charge is -2.05. The van der Waals surface area contributed by atoms with Crippen molar-refractivity contribution >= 4 is 5.82 Å². The number of ether oxygens (including phenoxy) is 1. The third kappa shape index (κ3) is 2.84. The monoisotopic (exact) mass is 283 g/mol. The quantitative estimate of drug-likeness (QED) is 0.538. The molecule has 0 spiro atoms. The smallest absolute Gasteiger partial charge is 0.363 e. The maximum atomic E-state index is 10.5. The van der Waals surface area contributed by atoms with E-state index in [4.69, 9.17) is 4.74 Å². The van der Waals surface area contributed by atoms with Crippen molar-refractivity contribution in [2.24, 2.45) is 0 Å². The normalized spacial score (nSPS) is 10.3. The van der Waals surface area contributed by atoms with Crippen molar-refractivity contribution in [1.29, 1.82) is 0 Å². The van der Waals surface area contributed by atoms with E-state index < -0.39 is 4.92 Å². The number of aromatic nitrogens is 4. The predicted octanol–water partition coefficient (Wildman–Crippen LogP) is 2.36. The summed E-state index contributed by atoms with van der Waals surface area (Å²) in [6.45, 7) is 0. The third-order valence-electron chi connectivity index (χ3n) is 2.66. The molecule has 0 fully saturated rings. The van der Waals surface area contributed by atoms with Gasteiger partial charge in [0.25, 0.3) is 0 Å². The summed E-state index contributed by atoms with van der Waals surface area (Å²) in [6, 6.07) is 9.96. The van der Waals surface area contributed by atoms with Gasteiger partial charge >= 0.3 is 5.82 Å². The van der Waals surface area contributed by atoms with Gasteiger partial charge in [-0.25, -0.2) is 9.67 Å². The summed E-state index contributed by atoms with van der Waals surface area (Å²) in [5, 5.41) is 14.5. The minimum absolute atomic E-state index is 0.219. The van der Waals surface area contributed by atoms with Gasteiger partial charge in [-0.05, 0) is 40.2 Å². The largest absolute Gasteiger partial charge is 0.453 e. The van der Waals surface area contributed by atoms with E-state index in [2.05, 4.69) is 15.1 Å². The molecule has 2 heterocycles. The van der Waals surface area contributed by atoms with Crippen molar-refractivity contribution in [3.63, 3.8) is 0 Å². The summed E-state index contributed by atoms with van der Waals surface area (Å²) < 4.78 is 7.18. The van der Waals surface area contributed by atoms with Crippen molar-refractivity contribution < 1.29 is 9.66 Å². The van der Waals surface area contributed by atoms with E-state index in [9.17, 15) is 10.1 Å². The molecule has 0 N–H and O–H groups in total. The Morgan fingerprint density at radius 1 is 1.10 bits per heavy atom. The average molecular weight is 283 g/mol. The van der Waals surface area contributed by atoms with Gasteiger partial charge in [-0.1, -0.05) is 0 Å². The van der Waals surface area contributed by atoms with Gasteiger partial charge in [0.05, 0.1) is 5.69 Å². The van der Waals surface area contributed by atoms with Gasteiger partial charge in [0.15, 0.2) is 11.9 Å². The molecular weight excluding hydrogens is 274 g/mol. The van der Waals surface area contributed by atoms with E-state index in [0.29, 0.717) is 11.5 Å². The first-order chi connectivity index (χ1) is 10.2. The van der Waals surface area contributed by atoms with Crippen LogP contribution in [-0.4, -0.2) is 24.7 Å². The highest BCUT2D eigenvalue weighted by atomic mass is 16.6. The summed E-state index contributed by atoms with van der Waals surface area (Å²) in [5.41, 5.74) is 0.849. The Morgan fingerprint density at radius 2 is 1.86 bits per heavy atom. The minimum atomic E-state index is -0.559. The van der Waals surface area contributed by atoms with Crippen LogP contribution in [-0.2, 0) is 0 Å². The van der Waals surface area contributed by atoms with E-state index in [1.54, 1.807) is 23.1 Å². The Balaban J connectivity index is 1.74. The van der Waals surface area contributed by atoms with Gasteiger partial charge < -0.3 is 14.9 Å². The van der Waals surface area contributed by atoms with Crippen LogP contribution in [0.1, 0.15) is 0 Å². The van der Waals surface area contributed by atoms with Crippen LogP contribution in [0.15, 0.2) is 55.2 Å². The molecule has 8 heteroatoms. The van der Waals surface area contributed by atoms with Gasteiger partial charge in [-0.15, -0.1) is 0 Å². The van der Waals surface area contributed by atoms with Crippen molar-refractivity contribution in [3.8, 4) is 17.2 Å². The van der Waals surface area contributed by atoms with E-state index in [1.165, 1.54) is 24.7 Å². The average Bonchev–Trinajstić information content (AvgIpc) is 3.03. The van der Waals surface area contributed by atoms with Crippen molar-refractivity contribution in [2.75, 3.05) is 0 Å². The molecule has 0 amide bonds. The Morgan fingerprint density at radius 3 is 2.43 bits per heavy atom. The fourth-order valence-electron chi connectivity index (χ4n) is 1.69. The van der Waals surface area contributed by atoms with Gasteiger partial charge in [0.2, 0.25) is 0 Å². The third-order valence-corrected chi connectivity index (χ3v) is 2.66. The molecule has 0 aliphatic carbocycles. The zero-order valence-electron chi connectivity index (χ0n) is 10.7. The fraction of sp³-hybridized carbons (Fsp3) is 0. The van der Waals surface area contributed by atoms with Gasteiger partial charge in [0.1, 0.15) is 18.4 Å². The minimum Gasteiger partial charge on any atom is -0.453 e. The highest BCUT2D eigenvalue weighted by Crippen LogP contribution is 2.23. The van der Waals surface area contributed by atoms with E-state index in [1.807, 2.05) is 12.1 Å². The van der Waals surface area contributed by atoms with Gasteiger partial charge in [-0.2, -0.15) is 5.10 Å². The van der Waals surface area contributed by atoms with Crippen LogP contribution in [0.5, 0.6) is 11.5 Å². The Kier molecular flexibility index (Phi) is 3.26. The molecule has 0 atom stereocenters. The summed E-state index contributed by atoms with van der Waals surface area (Å²) in [6.07, 6.45) is 4.35. The zero-order valence-corrected chi connectivity index (χ0v) is 10.7. The molecule has 0 radical (unpaired) electrons. The lowest BCUT2D eigenvalue weighted by Crippen LogP contribution is -1.94. The van der Waals surface area contributed by atoms with Crippen LogP contribution in [0.3, 0.4) is 0 Å². The number of nitrogens with zero attached hydrogens (tertiary/aromatic N) is 5. The molecule has 0 saturated carbocycles. The number of rotatable bonds is 4. The molecular formula is C13H9N5O3. The highest BCUT2D eigenvalue weighted by Gasteiger charge is 2.07. The van der Waals surface area contributed by atoms with Gasteiger partial charge in [-0.3, -0.25) is 0 Å². The Bertz CT molecular complexity index is 738. The maximum Gasteiger partial charge on any atom is 0.363 e. The van der Waals surface area contributed by atoms with Crippen LogP contribution in [0.2, 0.25) is 0 Å². The molecule has 21 heavy (non-hydrogen) atoms.